The summed E-state index contributed by atoms with van der Waals surface area (Å²) in [6.45, 7) is 3.92. The van der Waals surface area contributed by atoms with Gasteiger partial charge in [-0.05, 0) is 26.0 Å². The summed E-state index contributed by atoms with van der Waals surface area (Å²) in [4.78, 5) is 22.7. The number of nitro benzene ring substituents is 1. The predicted octanol–water partition coefficient (Wildman–Crippen LogP) is 3.67. The second kappa shape index (κ2) is 7.37. The van der Waals surface area contributed by atoms with Gasteiger partial charge >= 0.3 is 0 Å². The number of nitro groups is 1. The van der Waals surface area contributed by atoms with Gasteiger partial charge in [0.2, 0.25) is 0 Å². The Morgan fingerprint density at radius 1 is 1.26 bits per heavy atom. The van der Waals surface area contributed by atoms with E-state index in [9.17, 15) is 14.9 Å². The highest BCUT2D eigenvalue weighted by Crippen LogP contribution is 2.27. The van der Waals surface area contributed by atoms with Crippen molar-refractivity contribution in [2.45, 2.75) is 20.5 Å². The number of hydrogen-bond acceptors (Lipinski definition) is 5. The first-order valence-corrected chi connectivity index (χ1v) is 8.50. The van der Waals surface area contributed by atoms with E-state index in [1.165, 1.54) is 28.9 Å². The maximum atomic E-state index is 12.4. The smallest absolute Gasteiger partial charge is 0.276 e. The number of aryl methyl sites for hydroxylation is 1. The van der Waals surface area contributed by atoms with Crippen molar-refractivity contribution in [3.05, 3.63) is 67.7 Å². The van der Waals surface area contributed by atoms with Crippen LogP contribution in [0.2, 0.25) is 10.0 Å². The largest absolute Gasteiger partial charge is 0.319 e. The van der Waals surface area contributed by atoms with Crippen LogP contribution in [0.3, 0.4) is 0 Å². The highest BCUT2D eigenvalue weighted by atomic mass is 35.5. The fourth-order valence-electron chi connectivity index (χ4n) is 2.42. The van der Waals surface area contributed by atoms with Crippen LogP contribution in [0.25, 0.3) is 0 Å². The summed E-state index contributed by atoms with van der Waals surface area (Å²) in [6.07, 6.45) is 1.62. The molecule has 0 unspecified atom stereocenters. The maximum Gasteiger partial charge on any atom is 0.276 e. The molecule has 0 saturated heterocycles. The molecule has 0 aliphatic heterocycles. The second-order valence-corrected chi connectivity index (χ2v) is 6.53. The number of carbonyl (C=O) groups excluding carboxylic acids is 1. The molecule has 27 heavy (non-hydrogen) atoms. The molecule has 2 aromatic heterocycles. The molecule has 0 aliphatic carbocycles. The number of nitrogens with one attached hydrogen (secondary N) is 1. The SMILES string of the molecule is Cc1nn(Cn2ccc(C(=O)Nc3cc([N+](=O)[O-])ccc3Cl)n2)c(C)c1Cl. The summed E-state index contributed by atoms with van der Waals surface area (Å²) in [5, 5.41) is 22.7. The van der Waals surface area contributed by atoms with Crippen molar-refractivity contribution in [3.8, 4) is 0 Å². The summed E-state index contributed by atoms with van der Waals surface area (Å²) in [5.41, 5.74) is 1.58. The van der Waals surface area contributed by atoms with Crippen molar-refractivity contribution in [1.29, 1.82) is 0 Å². The van der Waals surface area contributed by atoms with Crippen LogP contribution in [0.15, 0.2) is 30.5 Å². The quantitative estimate of drug-likeness (QED) is 0.511. The molecule has 2 heterocycles. The second-order valence-electron chi connectivity index (χ2n) is 5.74. The molecule has 1 N–H and O–H groups in total. The lowest BCUT2D eigenvalue weighted by molar-refractivity contribution is -0.384. The lowest BCUT2D eigenvalue weighted by Gasteiger charge is -2.06. The molecule has 9 nitrogen and oxygen atoms in total. The van der Waals surface area contributed by atoms with E-state index in [1.807, 2.05) is 6.92 Å². The number of hydrogen-bond donors (Lipinski definition) is 1. The number of aromatic nitrogens is 4. The minimum absolute atomic E-state index is 0.130. The standard InChI is InChI=1S/C16H14Cl2N6O3/c1-9-15(18)10(2)23(20-9)8-22-6-5-13(21-22)16(25)19-14-7-11(24(26)27)3-4-12(14)17/h3-7H,8H2,1-2H3,(H,19,25). The van der Waals surface area contributed by atoms with Gasteiger partial charge in [0.1, 0.15) is 6.67 Å². The fraction of sp³-hybridized carbons (Fsp3) is 0.188. The number of non-ortho nitro benzene ring substituents is 1. The van der Waals surface area contributed by atoms with Crippen LogP contribution in [-0.2, 0) is 6.67 Å². The molecule has 3 rings (SSSR count). The van der Waals surface area contributed by atoms with Crippen LogP contribution >= 0.6 is 23.2 Å². The molecule has 0 fully saturated rings. The molecule has 0 atom stereocenters. The predicted molar refractivity (Wildman–Crippen MR) is 100 cm³/mol. The molecule has 140 valence electrons. The third-order valence-corrected chi connectivity index (χ3v) is 4.73. The molecule has 1 aromatic carbocycles. The first-order chi connectivity index (χ1) is 12.8. The van der Waals surface area contributed by atoms with Gasteiger partial charge in [0.25, 0.3) is 11.6 Å². The minimum Gasteiger partial charge on any atom is -0.319 e. The Kier molecular flexibility index (Phi) is 5.15. The molecular weight excluding hydrogens is 395 g/mol. The Morgan fingerprint density at radius 3 is 2.63 bits per heavy atom. The lowest BCUT2D eigenvalue weighted by atomic mass is 10.2. The van der Waals surface area contributed by atoms with Crippen molar-refractivity contribution < 1.29 is 9.72 Å². The highest BCUT2D eigenvalue weighted by molar-refractivity contribution is 6.34. The number of nitrogens with zero attached hydrogens (tertiary/aromatic N) is 5. The minimum atomic E-state index is -0.569. The molecule has 0 aliphatic rings. The topological polar surface area (TPSA) is 108 Å². The van der Waals surface area contributed by atoms with Gasteiger partial charge in [0, 0.05) is 18.3 Å². The lowest BCUT2D eigenvalue weighted by Crippen LogP contribution is -2.16. The van der Waals surface area contributed by atoms with Crippen molar-refractivity contribution in [3.63, 3.8) is 0 Å². The van der Waals surface area contributed by atoms with E-state index in [0.717, 1.165) is 5.69 Å². The Morgan fingerprint density at radius 2 is 2.00 bits per heavy atom. The molecule has 0 saturated carbocycles. The van der Waals surface area contributed by atoms with Crippen molar-refractivity contribution in [1.82, 2.24) is 19.6 Å². The van der Waals surface area contributed by atoms with Crippen LogP contribution in [0.4, 0.5) is 11.4 Å². The van der Waals surface area contributed by atoms with Crippen LogP contribution in [0.5, 0.6) is 0 Å². The zero-order valence-electron chi connectivity index (χ0n) is 14.3. The van der Waals surface area contributed by atoms with Crippen molar-refractivity contribution in [2.75, 3.05) is 5.32 Å². The van der Waals surface area contributed by atoms with E-state index in [4.69, 9.17) is 23.2 Å². The van der Waals surface area contributed by atoms with E-state index >= 15 is 0 Å². The average molecular weight is 409 g/mol. The summed E-state index contributed by atoms with van der Waals surface area (Å²) in [6, 6.07) is 5.32. The number of anilines is 1. The molecule has 0 spiro atoms. The van der Waals surface area contributed by atoms with E-state index < -0.39 is 10.8 Å². The number of carbonyl (C=O) groups is 1. The van der Waals surface area contributed by atoms with Gasteiger partial charge in [0.15, 0.2) is 5.69 Å². The third kappa shape index (κ3) is 3.93. The van der Waals surface area contributed by atoms with Crippen LogP contribution in [0.1, 0.15) is 21.9 Å². The summed E-state index contributed by atoms with van der Waals surface area (Å²) in [5.74, 6) is -0.539. The molecule has 0 radical (unpaired) electrons. The number of halogens is 2. The van der Waals surface area contributed by atoms with Gasteiger partial charge in [-0.1, -0.05) is 23.2 Å². The van der Waals surface area contributed by atoms with E-state index in [2.05, 4.69) is 15.5 Å². The van der Waals surface area contributed by atoms with Crippen LogP contribution < -0.4 is 5.32 Å². The summed E-state index contributed by atoms with van der Waals surface area (Å²) < 4.78 is 3.20. The van der Waals surface area contributed by atoms with Crippen LogP contribution in [-0.4, -0.2) is 30.4 Å². The maximum absolute atomic E-state index is 12.4. The monoisotopic (exact) mass is 408 g/mol. The summed E-state index contributed by atoms with van der Waals surface area (Å²) >= 11 is 12.1. The Balaban J connectivity index is 1.76. The molecule has 0 bridgehead atoms. The fourth-order valence-corrected chi connectivity index (χ4v) is 2.72. The zero-order chi connectivity index (χ0) is 19.7. The van der Waals surface area contributed by atoms with Gasteiger partial charge in [0.05, 0.1) is 32.0 Å². The molecular formula is C16H14Cl2N6O3. The molecule has 11 heteroatoms. The first kappa shape index (κ1) is 18.9. The van der Waals surface area contributed by atoms with Crippen LogP contribution in [0, 0.1) is 24.0 Å². The van der Waals surface area contributed by atoms with E-state index in [-0.39, 0.29) is 28.8 Å². The average Bonchev–Trinajstić information content (AvgIpc) is 3.18. The van der Waals surface area contributed by atoms with E-state index in [1.54, 1.807) is 17.8 Å². The number of rotatable bonds is 5. The van der Waals surface area contributed by atoms with Gasteiger partial charge in [-0.3, -0.25) is 19.6 Å². The summed E-state index contributed by atoms with van der Waals surface area (Å²) in [7, 11) is 0. The number of amides is 1. The molecule has 3 aromatic rings. The third-order valence-electron chi connectivity index (χ3n) is 3.85. The van der Waals surface area contributed by atoms with Gasteiger partial charge in [-0.2, -0.15) is 10.2 Å². The van der Waals surface area contributed by atoms with Gasteiger partial charge in [-0.25, -0.2) is 4.68 Å². The van der Waals surface area contributed by atoms with Crippen molar-refractivity contribution in [2.24, 2.45) is 0 Å². The van der Waals surface area contributed by atoms with Gasteiger partial charge in [-0.15, -0.1) is 0 Å². The number of benzene rings is 1. The van der Waals surface area contributed by atoms with E-state index in [0.29, 0.717) is 10.7 Å². The van der Waals surface area contributed by atoms with Crippen molar-refractivity contribution >= 4 is 40.5 Å². The zero-order valence-corrected chi connectivity index (χ0v) is 15.8. The normalized spacial score (nSPS) is 10.8. The Bertz CT molecular complexity index is 1040. The van der Waals surface area contributed by atoms with Gasteiger partial charge < -0.3 is 5.32 Å². The first-order valence-electron chi connectivity index (χ1n) is 7.74. The Labute approximate surface area is 163 Å². The molecule has 1 amide bonds. The Hall–Kier alpha value is -2.91. The highest BCUT2D eigenvalue weighted by Gasteiger charge is 2.16.